The van der Waals surface area contributed by atoms with Gasteiger partial charge in [0.2, 0.25) is 10.0 Å². The van der Waals surface area contributed by atoms with E-state index < -0.39 is 15.6 Å². The molecule has 0 radical (unpaired) electrons. The average Bonchev–Trinajstić information content (AvgIpc) is 2.40. The zero-order valence-electron chi connectivity index (χ0n) is 14.4. The highest BCUT2D eigenvalue weighted by Crippen LogP contribution is 2.24. The molecule has 134 valence electrons. The van der Waals surface area contributed by atoms with Gasteiger partial charge in [-0.15, -0.1) is 0 Å². The van der Waals surface area contributed by atoms with Crippen molar-refractivity contribution in [1.82, 2.24) is 9.21 Å². The third-order valence-electron chi connectivity index (χ3n) is 4.12. The predicted molar refractivity (Wildman–Crippen MR) is 86.7 cm³/mol. The Labute approximate surface area is 139 Å². The van der Waals surface area contributed by atoms with Crippen molar-refractivity contribution in [2.75, 3.05) is 39.0 Å². The fourth-order valence-corrected chi connectivity index (χ4v) is 4.72. The van der Waals surface area contributed by atoms with Crippen molar-refractivity contribution < 1.29 is 22.7 Å². The Morgan fingerprint density at radius 2 is 1.87 bits per heavy atom. The van der Waals surface area contributed by atoms with Crippen molar-refractivity contribution in [3.63, 3.8) is 0 Å². The molecule has 0 saturated carbocycles. The monoisotopic (exact) mass is 348 g/mol. The number of methoxy groups -OCH3 is 1. The van der Waals surface area contributed by atoms with Gasteiger partial charge in [0.1, 0.15) is 5.60 Å². The van der Waals surface area contributed by atoms with Gasteiger partial charge in [0, 0.05) is 39.2 Å². The molecular formula is C15H28N2O5S. The molecule has 0 spiro atoms. The molecular weight excluding hydrogens is 320 g/mol. The van der Waals surface area contributed by atoms with E-state index in [0.717, 1.165) is 12.8 Å². The normalized spacial score (nSPS) is 24.3. The number of sulfonamides is 1. The zero-order chi connectivity index (χ0) is 17.3. The maximum atomic E-state index is 12.5. The molecule has 2 rings (SSSR count). The molecule has 0 aliphatic carbocycles. The number of piperidine rings is 1. The van der Waals surface area contributed by atoms with E-state index >= 15 is 0 Å². The lowest BCUT2D eigenvalue weighted by Crippen LogP contribution is -2.55. The van der Waals surface area contributed by atoms with Crippen molar-refractivity contribution in [3.8, 4) is 0 Å². The van der Waals surface area contributed by atoms with E-state index in [-0.39, 0.29) is 23.9 Å². The highest BCUT2D eigenvalue weighted by Gasteiger charge is 2.38. The summed E-state index contributed by atoms with van der Waals surface area (Å²) < 4.78 is 37.1. The first kappa shape index (κ1) is 18.5. The fraction of sp³-hybridized carbons (Fsp3) is 0.933. The first-order valence-corrected chi connectivity index (χ1v) is 9.70. The molecule has 0 aromatic heterocycles. The molecule has 0 N–H and O–H groups in total. The van der Waals surface area contributed by atoms with Crippen molar-refractivity contribution in [2.24, 2.45) is 5.92 Å². The van der Waals surface area contributed by atoms with Crippen LogP contribution in [0.4, 0.5) is 4.79 Å². The lowest BCUT2D eigenvalue weighted by atomic mass is 10.0. The quantitative estimate of drug-likeness (QED) is 0.765. The number of hydrogen-bond donors (Lipinski definition) is 0. The molecule has 8 heteroatoms. The topological polar surface area (TPSA) is 76.2 Å². The maximum Gasteiger partial charge on any atom is 0.410 e. The molecule has 2 aliphatic heterocycles. The highest BCUT2D eigenvalue weighted by atomic mass is 32.2. The number of hydrogen-bond acceptors (Lipinski definition) is 5. The van der Waals surface area contributed by atoms with E-state index in [0.29, 0.717) is 26.2 Å². The smallest absolute Gasteiger partial charge is 0.410 e. The molecule has 2 heterocycles. The largest absolute Gasteiger partial charge is 0.444 e. The van der Waals surface area contributed by atoms with Gasteiger partial charge in [0.15, 0.2) is 0 Å². The van der Waals surface area contributed by atoms with E-state index in [2.05, 4.69) is 0 Å². The van der Waals surface area contributed by atoms with Gasteiger partial charge in [-0.05, 0) is 33.6 Å². The summed E-state index contributed by atoms with van der Waals surface area (Å²) in [5, 5.41) is 0. The Hall–Kier alpha value is -0.860. The van der Waals surface area contributed by atoms with Crippen LogP contribution in [0.3, 0.4) is 0 Å². The lowest BCUT2D eigenvalue weighted by Gasteiger charge is -2.40. The number of likely N-dealkylation sites (tertiary alicyclic amines) is 1. The van der Waals surface area contributed by atoms with Gasteiger partial charge in [0.25, 0.3) is 0 Å². The molecule has 1 amide bonds. The number of carbonyl (C=O) groups is 1. The van der Waals surface area contributed by atoms with Crippen LogP contribution in [-0.4, -0.2) is 74.5 Å². The molecule has 2 fully saturated rings. The second-order valence-electron chi connectivity index (χ2n) is 7.39. The Morgan fingerprint density at radius 1 is 1.22 bits per heavy atom. The van der Waals surface area contributed by atoms with Gasteiger partial charge in [-0.1, -0.05) is 0 Å². The summed E-state index contributed by atoms with van der Waals surface area (Å²) in [4.78, 5) is 13.4. The first-order valence-electron chi connectivity index (χ1n) is 8.09. The van der Waals surface area contributed by atoms with Crippen LogP contribution in [0.25, 0.3) is 0 Å². The van der Waals surface area contributed by atoms with Crippen LogP contribution in [0.5, 0.6) is 0 Å². The third kappa shape index (κ3) is 5.06. The van der Waals surface area contributed by atoms with Gasteiger partial charge in [-0.3, -0.25) is 0 Å². The predicted octanol–water partition coefficient (Wildman–Crippen LogP) is 1.29. The summed E-state index contributed by atoms with van der Waals surface area (Å²) >= 11 is 0. The zero-order valence-corrected chi connectivity index (χ0v) is 15.3. The SMILES string of the molecule is CO[C@H]1CCCN(S(=O)(=O)CC2CN(C(=O)OC(C)(C)C)C2)C1. The molecule has 23 heavy (non-hydrogen) atoms. The number of carbonyl (C=O) groups excluding carboxylic acids is 1. The van der Waals surface area contributed by atoms with Crippen LogP contribution in [0, 0.1) is 5.92 Å². The van der Waals surface area contributed by atoms with Crippen LogP contribution >= 0.6 is 0 Å². The minimum Gasteiger partial charge on any atom is -0.444 e. The molecule has 0 bridgehead atoms. The summed E-state index contributed by atoms with van der Waals surface area (Å²) in [6, 6.07) is 0. The van der Waals surface area contributed by atoms with Crippen LogP contribution in [-0.2, 0) is 19.5 Å². The lowest BCUT2D eigenvalue weighted by molar-refractivity contribution is 0.00167. The van der Waals surface area contributed by atoms with E-state index in [9.17, 15) is 13.2 Å². The fourth-order valence-electron chi connectivity index (χ4n) is 2.90. The molecule has 0 aromatic carbocycles. The summed E-state index contributed by atoms with van der Waals surface area (Å²) in [6.07, 6.45) is 1.34. The molecule has 2 aliphatic rings. The van der Waals surface area contributed by atoms with Crippen molar-refractivity contribution in [1.29, 1.82) is 0 Å². The van der Waals surface area contributed by atoms with E-state index in [1.165, 1.54) is 4.31 Å². The molecule has 0 unspecified atom stereocenters. The van der Waals surface area contributed by atoms with E-state index in [1.807, 2.05) is 20.8 Å². The maximum absolute atomic E-state index is 12.5. The Kier molecular flexibility index (Phi) is 5.58. The summed E-state index contributed by atoms with van der Waals surface area (Å²) in [5.41, 5.74) is -0.531. The molecule has 7 nitrogen and oxygen atoms in total. The molecule has 0 aromatic rings. The van der Waals surface area contributed by atoms with Gasteiger partial charge < -0.3 is 14.4 Å². The van der Waals surface area contributed by atoms with Crippen LogP contribution < -0.4 is 0 Å². The Bertz CT molecular complexity index is 522. The van der Waals surface area contributed by atoms with Crippen molar-refractivity contribution in [2.45, 2.75) is 45.3 Å². The minimum atomic E-state index is -3.30. The van der Waals surface area contributed by atoms with Crippen LogP contribution in [0.1, 0.15) is 33.6 Å². The van der Waals surface area contributed by atoms with Gasteiger partial charge in [0.05, 0.1) is 11.9 Å². The van der Waals surface area contributed by atoms with Gasteiger partial charge in [-0.2, -0.15) is 4.31 Å². The second kappa shape index (κ2) is 6.94. The van der Waals surface area contributed by atoms with Gasteiger partial charge >= 0.3 is 6.09 Å². The van der Waals surface area contributed by atoms with E-state index in [4.69, 9.17) is 9.47 Å². The molecule has 2 saturated heterocycles. The summed E-state index contributed by atoms with van der Waals surface area (Å²) in [7, 11) is -1.68. The third-order valence-corrected chi connectivity index (χ3v) is 6.13. The second-order valence-corrected chi connectivity index (χ2v) is 9.40. The summed E-state index contributed by atoms with van der Waals surface area (Å²) in [5.74, 6) is 0.0679. The number of amides is 1. The first-order chi connectivity index (χ1) is 10.6. The minimum absolute atomic E-state index is 0.0156. The van der Waals surface area contributed by atoms with Crippen molar-refractivity contribution >= 4 is 16.1 Å². The van der Waals surface area contributed by atoms with Crippen LogP contribution in [0.15, 0.2) is 0 Å². The number of nitrogens with zero attached hydrogens (tertiary/aromatic N) is 2. The average molecular weight is 348 g/mol. The summed E-state index contributed by atoms with van der Waals surface area (Å²) in [6.45, 7) is 7.32. The Morgan fingerprint density at radius 3 is 2.43 bits per heavy atom. The number of ether oxygens (including phenoxy) is 2. The van der Waals surface area contributed by atoms with Crippen molar-refractivity contribution in [3.05, 3.63) is 0 Å². The van der Waals surface area contributed by atoms with Crippen LogP contribution in [0.2, 0.25) is 0 Å². The standard InChI is InChI=1S/C15H28N2O5S/c1-15(2,3)22-14(18)16-8-12(9-16)11-23(19,20)17-7-5-6-13(10-17)21-4/h12-13H,5-11H2,1-4H3/t13-/m0/s1. The Balaban J connectivity index is 1.81. The van der Waals surface area contributed by atoms with E-state index in [1.54, 1.807) is 12.0 Å². The van der Waals surface area contributed by atoms with Gasteiger partial charge in [-0.25, -0.2) is 13.2 Å². The highest BCUT2D eigenvalue weighted by molar-refractivity contribution is 7.89. The molecule has 1 atom stereocenters. The number of rotatable bonds is 4.